The monoisotopic (exact) mass is 200 g/mol. The lowest BCUT2D eigenvalue weighted by atomic mass is 10.1. The van der Waals surface area contributed by atoms with Crippen LogP contribution in [-0.2, 0) is 14.3 Å². The van der Waals surface area contributed by atoms with Crippen LogP contribution in [0.2, 0.25) is 0 Å². The van der Waals surface area contributed by atoms with Crippen LogP contribution >= 0.6 is 0 Å². The first kappa shape index (κ1) is 9.85. The summed E-state index contributed by atoms with van der Waals surface area (Å²) in [5, 5.41) is 0. The standard InChI is InChI=1S/C6H10F2O3S/c1-12(9,10)11-4-6(2-3-6)5(7)8/h5H,2-4H2,1H3. The van der Waals surface area contributed by atoms with Gasteiger partial charge in [-0.1, -0.05) is 0 Å². The van der Waals surface area contributed by atoms with E-state index in [-0.39, 0.29) is 6.61 Å². The zero-order valence-corrected chi connectivity index (χ0v) is 7.40. The molecule has 0 atom stereocenters. The Kier molecular flexibility index (Phi) is 2.40. The average molecular weight is 200 g/mol. The van der Waals surface area contributed by atoms with Gasteiger partial charge in [-0.05, 0) is 12.8 Å². The van der Waals surface area contributed by atoms with Crippen molar-refractivity contribution in [2.24, 2.45) is 5.41 Å². The number of hydrogen-bond donors (Lipinski definition) is 0. The molecule has 3 nitrogen and oxygen atoms in total. The summed E-state index contributed by atoms with van der Waals surface area (Å²) in [6.07, 6.45) is -0.936. The fourth-order valence-corrected chi connectivity index (χ4v) is 1.26. The second-order valence-corrected chi connectivity index (χ2v) is 4.77. The maximum absolute atomic E-state index is 12.2. The maximum atomic E-state index is 12.2. The quantitative estimate of drug-likeness (QED) is 0.636. The molecular weight excluding hydrogens is 190 g/mol. The van der Waals surface area contributed by atoms with Crippen LogP contribution in [0.3, 0.4) is 0 Å². The normalized spacial score (nSPS) is 21.3. The van der Waals surface area contributed by atoms with Crippen molar-refractivity contribution in [2.75, 3.05) is 12.9 Å². The van der Waals surface area contributed by atoms with Gasteiger partial charge in [0.1, 0.15) is 0 Å². The van der Waals surface area contributed by atoms with Gasteiger partial charge < -0.3 is 0 Å². The van der Waals surface area contributed by atoms with Gasteiger partial charge in [0.2, 0.25) is 6.43 Å². The summed E-state index contributed by atoms with van der Waals surface area (Å²) in [4.78, 5) is 0. The Hall–Kier alpha value is -0.230. The molecule has 1 rings (SSSR count). The van der Waals surface area contributed by atoms with Gasteiger partial charge in [0.15, 0.2) is 0 Å². The van der Waals surface area contributed by atoms with Crippen LogP contribution in [0.25, 0.3) is 0 Å². The Bertz CT molecular complexity index is 256. The maximum Gasteiger partial charge on any atom is 0.264 e. The number of alkyl halides is 2. The van der Waals surface area contributed by atoms with E-state index >= 15 is 0 Å². The molecule has 1 saturated carbocycles. The summed E-state index contributed by atoms with van der Waals surface area (Å²) < 4.78 is 49.6. The van der Waals surface area contributed by atoms with E-state index in [1.807, 2.05) is 0 Å². The molecule has 72 valence electrons. The van der Waals surface area contributed by atoms with Crippen molar-refractivity contribution in [1.82, 2.24) is 0 Å². The fraction of sp³-hybridized carbons (Fsp3) is 1.00. The van der Waals surface area contributed by atoms with Crippen molar-refractivity contribution >= 4 is 10.1 Å². The number of rotatable bonds is 4. The van der Waals surface area contributed by atoms with E-state index in [1.165, 1.54) is 0 Å². The minimum absolute atomic E-state index is 0.347. The van der Waals surface area contributed by atoms with Gasteiger partial charge in [0.25, 0.3) is 10.1 Å². The summed E-state index contributed by atoms with van der Waals surface area (Å²) in [5.41, 5.74) is -1.18. The molecule has 1 aliphatic rings. The van der Waals surface area contributed by atoms with Gasteiger partial charge in [0, 0.05) is 0 Å². The summed E-state index contributed by atoms with van der Waals surface area (Å²) in [5.74, 6) is 0. The molecule has 0 aromatic carbocycles. The van der Waals surface area contributed by atoms with Gasteiger partial charge in [-0.15, -0.1) is 0 Å². The van der Waals surface area contributed by atoms with E-state index < -0.39 is 22.0 Å². The Morgan fingerprint density at radius 3 is 2.25 bits per heavy atom. The van der Waals surface area contributed by atoms with E-state index in [1.54, 1.807) is 0 Å². The molecule has 0 bridgehead atoms. The first-order valence-corrected chi connectivity index (χ1v) is 5.30. The van der Waals surface area contributed by atoms with Gasteiger partial charge >= 0.3 is 0 Å². The minimum atomic E-state index is -3.58. The molecule has 12 heavy (non-hydrogen) atoms. The molecule has 0 aromatic rings. The Morgan fingerprint density at radius 1 is 1.50 bits per heavy atom. The molecule has 1 fully saturated rings. The first-order chi connectivity index (χ1) is 5.36. The van der Waals surface area contributed by atoms with E-state index in [4.69, 9.17) is 0 Å². The van der Waals surface area contributed by atoms with Crippen molar-refractivity contribution in [1.29, 1.82) is 0 Å². The molecule has 0 aromatic heterocycles. The lowest BCUT2D eigenvalue weighted by Gasteiger charge is -2.12. The third-order valence-electron chi connectivity index (χ3n) is 1.92. The molecule has 0 amide bonds. The Labute approximate surface area is 69.8 Å². The Balaban J connectivity index is 2.43. The Morgan fingerprint density at radius 2 is 2.00 bits per heavy atom. The average Bonchev–Trinajstić information content (AvgIpc) is 2.61. The highest BCUT2D eigenvalue weighted by Crippen LogP contribution is 2.50. The summed E-state index contributed by atoms with van der Waals surface area (Å²) in [6.45, 7) is -0.385. The van der Waals surface area contributed by atoms with E-state index in [2.05, 4.69) is 4.18 Å². The van der Waals surface area contributed by atoms with Gasteiger partial charge in [-0.2, -0.15) is 8.42 Å². The van der Waals surface area contributed by atoms with Gasteiger partial charge in [0.05, 0.1) is 18.3 Å². The number of halogens is 2. The summed E-state index contributed by atoms with van der Waals surface area (Å²) >= 11 is 0. The summed E-state index contributed by atoms with van der Waals surface area (Å²) in [7, 11) is -3.58. The zero-order valence-electron chi connectivity index (χ0n) is 6.59. The third kappa shape index (κ3) is 2.38. The van der Waals surface area contributed by atoms with Crippen molar-refractivity contribution in [3.05, 3.63) is 0 Å². The molecule has 0 radical (unpaired) electrons. The van der Waals surface area contributed by atoms with Gasteiger partial charge in [-0.25, -0.2) is 8.78 Å². The predicted molar refractivity (Wildman–Crippen MR) is 38.5 cm³/mol. The lowest BCUT2D eigenvalue weighted by molar-refractivity contribution is 0.0335. The van der Waals surface area contributed by atoms with Crippen molar-refractivity contribution in [3.63, 3.8) is 0 Å². The largest absolute Gasteiger partial charge is 0.270 e. The van der Waals surface area contributed by atoms with Crippen molar-refractivity contribution < 1.29 is 21.4 Å². The minimum Gasteiger partial charge on any atom is -0.270 e. The van der Waals surface area contributed by atoms with Crippen LogP contribution in [0.4, 0.5) is 8.78 Å². The third-order valence-corrected chi connectivity index (χ3v) is 2.46. The highest BCUT2D eigenvalue weighted by atomic mass is 32.2. The molecule has 0 aliphatic heterocycles. The van der Waals surface area contributed by atoms with Crippen molar-refractivity contribution in [3.8, 4) is 0 Å². The second kappa shape index (κ2) is 2.92. The van der Waals surface area contributed by atoms with Crippen LogP contribution in [0.5, 0.6) is 0 Å². The molecule has 0 saturated heterocycles. The van der Waals surface area contributed by atoms with E-state index in [0.29, 0.717) is 12.8 Å². The van der Waals surface area contributed by atoms with Crippen molar-refractivity contribution in [2.45, 2.75) is 19.3 Å². The van der Waals surface area contributed by atoms with Crippen LogP contribution in [0.1, 0.15) is 12.8 Å². The second-order valence-electron chi connectivity index (χ2n) is 3.13. The highest BCUT2D eigenvalue weighted by Gasteiger charge is 2.51. The highest BCUT2D eigenvalue weighted by molar-refractivity contribution is 7.85. The van der Waals surface area contributed by atoms with Crippen LogP contribution in [0.15, 0.2) is 0 Å². The lowest BCUT2D eigenvalue weighted by Crippen LogP contribution is -2.21. The van der Waals surface area contributed by atoms with Crippen LogP contribution in [-0.4, -0.2) is 27.7 Å². The fourth-order valence-electron chi connectivity index (χ4n) is 0.810. The summed E-state index contributed by atoms with van der Waals surface area (Å²) in [6, 6.07) is 0. The molecule has 0 spiro atoms. The molecular formula is C6H10F2O3S. The number of hydrogen-bond acceptors (Lipinski definition) is 3. The zero-order chi connectivity index (χ0) is 9.41. The van der Waals surface area contributed by atoms with Gasteiger partial charge in [-0.3, -0.25) is 4.18 Å². The predicted octanol–water partition coefficient (Wildman–Crippen LogP) is 1.01. The molecule has 0 unspecified atom stereocenters. The smallest absolute Gasteiger partial charge is 0.264 e. The molecule has 0 N–H and O–H groups in total. The molecule has 6 heteroatoms. The SMILES string of the molecule is CS(=O)(=O)OCC1(C(F)F)CC1. The topological polar surface area (TPSA) is 43.4 Å². The van der Waals surface area contributed by atoms with E-state index in [0.717, 1.165) is 6.26 Å². The van der Waals surface area contributed by atoms with E-state index in [9.17, 15) is 17.2 Å². The molecule has 0 heterocycles. The van der Waals surface area contributed by atoms with Crippen LogP contribution in [0, 0.1) is 5.41 Å². The first-order valence-electron chi connectivity index (χ1n) is 3.48. The molecule has 1 aliphatic carbocycles. The van der Waals surface area contributed by atoms with Crippen LogP contribution < -0.4 is 0 Å².